The minimum absolute atomic E-state index is 0.414. The van der Waals surface area contributed by atoms with Crippen LogP contribution in [0.5, 0.6) is 0 Å². The number of benzene rings is 1. The third kappa shape index (κ3) is 1.96. The van der Waals surface area contributed by atoms with E-state index in [0.29, 0.717) is 5.92 Å². The second-order valence-electron chi connectivity index (χ2n) is 4.24. The van der Waals surface area contributed by atoms with Crippen molar-refractivity contribution >= 4 is 0 Å². The van der Waals surface area contributed by atoms with Crippen LogP contribution in [0.2, 0.25) is 0 Å². The van der Waals surface area contributed by atoms with Crippen molar-refractivity contribution in [3.63, 3.8) is 0 Å². The van der Waals surface area contributed by atoms with Crippen LogP contribution in [-0.4, -0.2) is 9.97 Å². The van der Waals surface area contributed by atoms with Crippen molar-refractivity contribution in [2.45, 2.75) is 26.7 Å². The molecule has 1 heterocycles. The van der Waals surface area contributed by atoms with Crippen LogP contribution in [0.15, 0.2) is 36.7 Å². The zero-order chi connectivity index (χ0) is 11.5. The summed E-state index contributed by atoms with van der Waals surface area (Å²) in [4.78, 5) is 8.69. The van der Waals surface area contributed by atoms with Gasteiger partial charge in [0.15, 0.2) is 0 Å². The molecular formula is C14H16N2. The zero-order valence-electron chi connectivity index (χ0n) is 9.94. The van der Waals surface area contributed by atoms with Crippen LogP contribution >= 0.6 is 0 Å². The number of rotatable bonds is 2. The lowest BCUT2D eigenvalue weighted by Gasteiger charge is -2.13. The SMILES string of the molecule is Cc1ncnc(C(C)C)c1-c1ccccc1. The molecule has 0 aliphatic heterocycles. The van der Waals surface area contributed by atoms with Crippen molar-refractivity contribution in [1.82, 2.24) is 9.97 Å². The molecule has 0 unspecified atom stereocenters. The van der Waals surface area contributed by atoms with E-state index >= 15 is 0 Å². The maximum absolute atomic E-state index is 4.40. The lowest BCUT2D eigenvalue weighted by molar-refractivity contribution is 0.812. The van der Waals surface area contributed by atoms with Crippen molar-refractivity contribution < 1.29 is 0 Å². The van der Waals surface area contributed by atoms with Crippen LogP contribution in [0.1, 0.15) is 31.2 Å². The van der Waals surface area contributed by atoms with Gasteiger partial charge in [-0.3, -0.25) is 0 Å². The maximum Gasteiger partial charge on any atom is 0.115 e. The molecule has 2 heteroatoms. The molecule has 1 aromatic heterocycles. The molecule has 0 spiro atoms. The Labute approximate surface area is 96.4 Å². The van der Waals surface area contributed by atoms with Gasteiger partial charge < -0.3 is 0 Å². The molecule has 0 atom stereocenters. The molecule has 2 rings (SSSR count). The first kappa shape index (κ1) is 10.8. The highest BCUT2D eigenvalue weighted by atomic mass is 14.8. The minimum Gasteiger partial charge on any atom is -0.241 e. The summed E-state index contributed by atoms with van der Waals surface area (Å²) in [7, 11) is 0. The van der Waals surface area contributed by atoms with E-state index in [1.54, 1.807) is 6.33 Å². The molecule has 16 heavy (non-hydrogen) atoms. The average Bonchev–Trinajstić information content (AvgIpc) is 2.29. The van der Waals surface area contributed by atoms with Gasteiger partial charge in [0, 0.05) is 11.3 Å². The Balaban J connectivity index is 2.64. The van der Waals surface area contributed by atoms with Gasteiger partial charge in [0.2, 0.25) is 0 Å². The summed E-state index contributed by atoms with van der Waals surface area (Å²) in [5.41, 5.74) is 4.55. The van der Waals surface area contributed by atoms with E-state index in [0.717, 1.165) is 11.4 Å². The van der Waals surface area contributed by atoms with E-state index in [1.807, 2.05) is 25.1 Å². The molecule has 2 nitrogen and oxygen atoms in total. The number of aryl methyl sites for hydroxylation is 1. The van der Waals surface area contributed by atoms with Crippen molar-refractivity contribution in [3.05, 3.63) is 48.0 Å². The van der Waals surface area contributed by atoms with Gasteiger partial charge in [-0.15, -0.1) is 0 Å². The van der Waals surface area contributed by atoms with Gasteiger partial charge >= 0.3 is 0 Å². The first-order chi connectivity index (χ1) is 7.70. The minimum atomic E-state index is 0.414. The van der Waals surface area contributed by atoms with Crippen LogP contribution < -0.4 is 0 Å². The molecular weight excluding hydrogens is 196 g/mol. The summed E-state index contributed by atoms with van der Waals surface area (Å²) in [6.45, 7) is 6.36. The monoisotopic (exact) mass is 212 g/mol. The lowest BCUT2D eigenvalue weighted by atomic mass is 9.96. The normalized spacial score (nSPS) is 10.8. The summed E-state index contributed by atoms with van der Waals surface area (Å²) < 4.78 is 0. The van der Waals surface area contributed by atoms with Crippen molar-refractivity contribution in [1.29, 1.82) is 0 Å². The molecule has 0 radical (unpaired) electrons. The Kier molecular flexibility index (Phi) is 3.00. The molecule has 0 bridgehead atoms. The molecule has 0 aliphatic carbocycles. The van der Waals surface area contributed by atoms with E-state index in [-0.39, 0.29) is 0 Å². The largest absolute Gasteiger partial charge is 0.241 e. The van der Waals surface area contributed by atoms with E-state index in [9.17, 15) is 0 Å². The summed E-state index contributed by atoms with van der Waals surface area (Å²) in [5.74, 6) is 0.414. The highest BCUT2D eigenvalue weighted by Crippen LogP contribution is 2.28. The predicted molar refractivity (Wildman–Crippen MR) is 66.3 cm³/mol. The smallest absolute Gasteiger partial charge is 0.115 e. The molecule has 0 amide bonds. The second kappa shape index (κ2) is 4.44. The van der Waals surface area contributed by atoms with E-state index in [4.69, 9.17) is 0 Å². The average molecular weight is 212 g/mol. The first-order valence-electron chi connectivity index (χ1n) is 5.57. The van der Waals surface area contributed by atoms with Crippen molar-refractivity contribution in [2.24, 2.45) is 0 Å². The third-order valence-corrected chi connectivity index (χ3v) is 2.68. The fourth-order valence-corrected chi connectivity index (χ4v) is 1.89. The molecule has 0 saturated heterocycles. The summed E-state index contributed by atoms with van der Waals surface area (Å²) in [5, 5.41) is 0. The Hall–Kier alpha value is -1.70. The van der Waals surface area contributed by atoms with Crippen LogP contribution in [0, 0.1) is 6.92 Å². The van der Waals surface area contributed by atoms with Gasteiger partial charge in [-0.2, -0.15) is 0 Å². The number of hydrogen-bond donors (Lipinski definition) is 0. The highest BCUT2D eigenvalue weighted by Gasteiger charge is 2.12. The van der Waals surface area contributed by atoms with Gasteiger partial charge in [-0.1, -0.05) is 44.2 Å². The number of hydrogen-bond acceptors (Lipinski definition) is 2. The Morgan fingerprint density at radius 3 is 2.31 bits per heavy atom. The fourth-order valence-electron chi connectivity index (χ4n) is 1.89. The Bertz CT molecular complexity index is 475. The van der Waals surface area contributed by atoms with Crippen LogP contribution in [-0.2, 0) is 0 Å². The van der Waals surface area contributed by atoms with Crippen LogP contribution in [0.4, 0.5) is 0 Å². The molecule has 0 aliphatic rings. The fraction of sp³-hybridized carbons (Fsp3) is 0.286. The quantitative estimate of drug-likeness (QED) is 0.760. The molecule has 0 saturated carbocycles. The van der Waals surface area contributed by atoms with Gasteiger partial charge in [0.05, 0.1) is 5.69 Å². The summed E-state index contributed by atoms with van der Waals surface area (Å²) >= 11 is 0. The summed E-state index contributed by atoms with van der Waals surface area (Å²) in [6, 6.07) is 10.3. The Morgan fingerprint density at radius 1 is 1.00 bits per heavy atom. The van der Waals surface area contributed by atoms with Gasteiger partial charge in [0.25, 0.3) is 0 Å². The van der Waals surface area contributed by atoms with Crippen molar-refractivity contribution in [2.75, 3.05) is 0 Å². The van der Waals surface area contributed by atoms with Crippen molar-refractivity contribution in [3.8, 4) is 11.1 Å². The van der Waals surface area contributed by atoms with E-state index in [2.05, 4.69) is 35.9 Å². The molecule has 0 N–H and O–H groups in total. The predicted octanol–water partition coefficient (Wildman–Crippen LogP) is 3.58. The van der Waals surface area contributed by atoms with Gasteiger partial charge in [0.1, 0.15) is 6.33 Å². The third-order valence-electron chi connectivity index (χ3n) is 2.68. The second-order valence-corrected chi connectivity index (χ2v) is 4.24. The lowest BCUT2D eigenvalue weighted by Crippen LogP contribution is -2.00. The molecule has 82 valence electrons. The van der Waals surface area contributed by atoms with Gasteiger partial charge in [-0.05, 0) is 18.4 Å². The zero-order valence-corrected chi connectivity index (χ0v) is 9.94. The Morgan fingerprint density at radius 2 is 1.69 bits per heavy atom. The molecule has 1 aromatic carbocycles. The standard InChI is InChI=1S/C14H16N2/c1-10(2)14-13(11(3)15-9-16-14)12-7-5-4-6-8-12/h4-10H,1-3H3. The number of nitrogens with zero attached hydrogens (tertiary/aromatic N) is 2. The van der Waals surface area contributed by atoms with Gasteiger partial charge in [-0.25, -0.2) is 9.97 Å². The van der Waals surface area contributed by atoms with Crippen LogP contribution in [0.25, 0.3) is 11.1 Å². The number of aromatic nitrogens is 2. The first-order valence-corrected chi connectivity index (χ1v) is 5.57. The topological polar surface area (TPSA) is 25.8 Å². The molecule has 0 fully saturated rings. The van der Waals surface area contributed by atoms with E-state index in [1.165, 1.54) is 11.1 Å². The van der Waals surface area contributed by atoms with Crippen LogP contribution in [0.3, 0.4) is 0 Å². The highest BCUT2D eigenvalue weighted by molar-refractivity contribution is 5.68. The molecule has 2 aromatic rings. The maximum atomic E-state index is 4.40. The van der Waals surface area contributed by atoms with E-state index < -0.39 is 0 Å². The summed E-state index contributed by atoms with van der Waals surface area (Å²) in [6.07, 6.45) is 1.65.